The molecule has 3 aliphatic rings. The Hall–Kier alpha value is -2.04. The molecular formula is C26H40O10. The molecule has 0 spiro atoms. The van der Waals surface area contributed by atoms with Crippen molar-refractivity contribution in [2.75, 3.05) is 6.61 Å². The summed E-state index contributed by atoms with van der Waals surface area (Å²) < 4.78 is 28.4. The number of esters is 3. The van der Waals surface area contributed by atoms with Gasteiger partial charge in [-0.1, -0.05) is 6.92 Å². The average Bonchev–Trinajstić information content (AvgIpc) is 3.01. The van der Waals surface area contributed by atoms with Crippen LogP contribution in [0.5, 0.6) is 0 Å². The van der Waals surface area contributed by atoms with E-state index in [1.165, 1.54) is 27.7 Å². The summed E-state index contributed by atoms with van der Waals surface area (Å²) in [5, 5.41) is 11.8. The Kier molecular flexibility index (Phi) is 8.22. The predicted octanol–water partition coefficient (Wildman–Crippen LogP) is 2.47. The molecule has 1 N–H and O–H groups in total. The number of rotatable bonds is 7. The molecule has 8 unspecified atom stereocenters. The largest absolute Gasteiger partial charge is 0.456 e. The first-order chi connectivity index (χ1) is 16.6. The summed E-state index contributed by atoms with van der Waals surface area (Å²) in [6.45, 7) is 10.8. The summed E-state index contributed by atoms with van der Waals surface area (Å²) in [6, 6.07) is 0. The van der Waals surface area contributed by atoms with E-state index in [0.29, 0.717) is 12.8 Å². The fourth-order valence-electron chi connectivity index (χ4n) is 6.38. The van der Waals surface area contributed by atoms with Crippen LogP contribution in [0.15, 0.2) is 0 Å². The molecule has 1 saturated heterocycles. The molecule has 204 valence electrons. The smallest absolute Gasteiger partial charge is 0.303 e. The number of aliphatic hydroxyl groups is 1. The minimum absolute atomic E-state index is 0.00753. The highest BCUT2D eigenvalue weighted by Crippen LogP contribution is 2.60. The van der Waals surface area contributed by atoms with E-state index in [0.717, 1.165) is 19.3 Å². The van der Waals surface area contributed by atoms with Crippen LogP contribution in [-0.4, -0.2) is 71.2 Å². The minimum Gasteiger partial charge on any atom is -0.456 e. The van der Waals surface area contributed by atoms with Gasteiger partial charge < -0.3 is 28.8 Å². The summed E-state index contributed by atoms with van der Waals surface area (Å²) in [7, 11) is 0. The molecule has 0 radical (unpaired) electrons. The molecule has 0 aromatic heterocycles. The van der Waals surface area contributed by atoms with Crippen molar-refractivity contribution in [1.82, 2.24) is 0 Å². The van der Waals surface area contributed by atoms with Crippen molar-refractivity contribution in [3.05, 3.63) is 0 Å². The number of hydrogen-bond acceptors (Lipinski definition) is 10. The van der Waals surface area contributed by atoms with Crippen LogP contribution in [0.3, 0.4) is 0 Å². The highest BCUT2D eigenvalue weighted by molar-refractivity contribution is 5.80. The molecule has 10 nitrogen and oxygen atoms in total. The molecule has 3 fully saturated rings. The van der Waals surface area contributed by atoms with Crippen LogP contribution in [-0.2, 0) is 42.9 Å². The summed E-state index contributed by atoms with van der Waals surface area (Å²) in [4.78, 5) is 47.7. The van der Waals surface area contributed by atoms with Crippen molar-refractivity contribution in [2.45, 2.75) is 116 Å². The van der Waals surface area contributed by atoms with Crippen LogP contribution in [0, 0.1) is 17.3 Å². The number of carbonyl (C=O) groups excluding carboxylic acids is 4. The lowest BCUT2D eigenvalue weighted by atomic mass is 9.58. The van der Waals surface area contributed by atoms with Crippen LogP contribution in [0.1, 0.15) is 80.6 Å². The maximum Gasteiger partial charge on any atom is 0.303 e. The van der Waals surface area contributed by atoms with Crippen LogP contribution in [0.2, 0.25) is 0 Å². The Bertz CT molecular complexity index is 884. The fraction of sp³-hybridized carbons (Fsp3) is 0.846. The highest BCUT2D eigenvalue weighted by atomic mass is 16.7. The first-order valence-electron chi connectivity index (χ1n) is 12.6. The van der Waals surface area contributed by atoms with Crippen LogP contribution < -0.4 is 0 Å². The number of ether oxygens (including phenoxy) is 5. The summed E-state index contributed by atoms with van der Waals surface area (Å²) in [6.07, 6.45) is -1.05. The van der Waals surface area contributed by atoms with Gasteiger partial charge in [0.05, 0.1) is 17.8 Å². The Morgan fingerprint density at radius 3 is 2.00 bits per heavy atom. The Labute approximate surface area is 212 Å². The molecule has 3 rings (SSSR count). The molecular weight excluding hydrogens is 472 g/mol. The summed E-state index contributed by atoms with van der Waals surface area (Å²) >= 11 is 0. The van der Waals surface area contributed by atoms with E-state index in [9.17, 15) is 24.3 Å². The van der Waals surface area contributed by atoms with E-state index in [2.05, 4.69) is 6.92 Å². The molecule has 8 atom stereocenters. The lowest BCUT2D eigenvalue weighted by molar-refractivity contribution is -0.313. The SMILES string of the molecule is CC(=O)OC1COC(OC(C)(C)C2CCC3(C)CCC(C(C)=O)C3(O)C2)C(OC(C)=O)C1OC(C)=O. The molecule has 1 aliphatic heterocycles. The summed E-state index contributed by atoms with van der Waals surface area (Å²) in [5.41, 5.74) is -2.33. The number of carbonyl (C=O) groups is 4. The monoisotopic (exact) mass is 512 g/mol. The third-order valence-corrected chi connectivity index (χ3v) is 8.41. The van der Waals surface area contributed by atoms with Crippen LogP contribution in [0.4, 0.5) is 0 Å². The number of hydrogen-bond donors (Lipinski definition) is 1. The topological polar surface area (TPSA) is 135 Å². The third-order valence-electron chi connectivity index (χ3n) is 8.41. The normalized spacial score (nSPS) is 38.6. The lowest BCUT2D eigenvalue weighted by Crippen LogP contribution is -2.61. The molecule has 1 heterocycles. The Balaban J connectivity index is 1.84. The van der Waals surface area contributed by atoms with E-state index in [-0.39, 0.29) is 23.7 Å². The van der Waals surface area contributed by atoms with Gasteiger partial charge in [-0.15, -0.1) is 0 Å². The van der Waals surface area contributed by atoms with Crippen molar-refractivity contribution in [3.8, 4) is 0 Å². The van der Waals surface area contributed by atoms with E-state index < -0.39 is 59.6 Å². The second kappa shape index (κ2) is 10.4. The molecule has 0 aromatic rings. The van der Waals surface area contributed by atoms with Crippen LogP contribution >= 0.6 is 0 Å². The van der Waals surface area contributed by atoms with Crippen LogP contribution in [0.25, 0.3) is 0 Å². The van der Waals surface area contributed by atoms with Gasteiger partial charge in [-0.3, -0.25) is 19.2 Å². The van der Waals surface area contributed by atoms with Crippen molar-refractivity contribution in [3.63, 3.8) is 0 Å². The van der Waals surface area contributed by atoms with Gasteiger partial charge in [0.15, 0.2) is 24.6 Å². The molecule has 2 aliphatic carbocycles. The van der Waals surface area contributed by atoms with Gasteiger partial charge in [0.2, 0.25) is 0 Å². The van der Waals surface area contributed by atoms with Gasteiger partial charge in [0, 0.05) is 26.7 Å². The zero-order chi connectivity index (χ0) is 27.1. The van der Waals surface area contributed by atoms with Gasteiger partial charge >= 0.3 is 17.9 Å². The third kappa shape index (κ3) is 5.60. The van der Waals surface area contributed by atoms with E-state index in [1.807, 2.05) is 13.8 Å². The zero-order valence-corrected chi connectivity index (χ0v) is 22.3. The molecule has 10 heteroatoms. The Morgan fingerprint density at radius 2 is 1.44 bits per heavy atom. The fourth-order valence-corrected chi connectivity index (χ4v) is 6.38. The second-order valence-corrected chi connectivity index (χ2v) is 11.3. The molecule has 0 aromatic carbocycles. The average molecular weight is 513 g/mol. The minimum atomic E-state index is -1.18. The first kappa shape index (κ1) is 28.5. The predicted molar refractivity (Wildman–Crippen MR) is 125 cm³/mol. The van der Waals surface area contributed by atoms with Gasteiger partial charge in [0.1, 0.15) is 5.78 Å². The molecule has 2 saturated carbocycles. The quantitative estimate of drug-likeness (QED) is 0.400. The van der Waals surface area contributed by atoms with Crippen molar-refractivity contribution >= 4 is 23.7 Å². The van der Waals surface area contributed by atoms with E-state index >= 15 is 0 Å². The van der Waals surface area contributed by atoms with Crippen molar-refractivity contribution < 1.29 is 48.0 Å². The van der Waals surface area contributed by atoms with Gasteiger partial charge in [-0.25, -0.2) is 0 Å². The maximum atomic E-state index is 12.4. The molecule has 0 amide bonds. The van der Waals surface area contributed by atoms with Crippen molar-refractivity contribution in [1.29, 1.82) is 0 Å². The number of ketones is 1. The van der Waals surface area contributed by atoms with Gasteiger partial charge in [-0.05, 0) is 64.2 Å². The van der Waals surface area contributed by atoms with E-state index in [4.69, 9.17) is 23.7 Å². The summed E-state index contributed by atoms with van der Waals surface area (Å²) in [5.74, 6) is -2.44. The Morgan fingerprint density at radius 1 is 0.889 bits per heavy atom. The standard InChI is InChI=1S/C26H40O10/c1-14(27)19-9-11-25(7)10-8-18(12-26(19,25)31)24(5,6)36-23-22(35-17(4)30)21(34-16(3)29)20(13-32-23)33-15(2)28/h18-23,31H,8-13H2,1-7H3. The van der Waals surface area contributed by atoms with Gasteiger partial charge in [-0.2, -0.15) is 0 Å². The van der Waals surface area contributed by atoms with E-state index in [1.54, 1.807) is 0 Å². The zero-order valence-electron chi connectivity index (χ0n) is 22.3. The number of Topliss-reactive ketones (excluding diaryl/α,β-unsaturated/α-hetero) is 1. The van der Waals surface area contributed by atoms with Crippen molar-refractivity contribution in [2.24, 2.45) is 17.3 Å². The lowest BCUT2D eigenvalue weighted by Gasteiger charge is -2.53. The van der Waals surface area contributed by atoms with Gasteiger partial charge in [0.25, 0.3) is 0 Å². The highest BCUT2D eigenvalue weighted by Gasteiger charge is 2.62. The second-order valence-electron chi connectivity index (χ2n) is 11.3. The first-order valence-corrected chi connectivity index (χ1v) is 12.6. The number of fused-ring (bicyclic) bond motifs is 1. The maximum absolute atomic E-state index is 12.4. The molecule has 0 bridgehead atoms. The molecule has 36 heavy (non-hydrogen) atoms.